The first-order valence-corrected chi connectivity index (χ1v) is 11.5. The number of nitrogens with one attached hydrogen (secondary N) is 1. The highest BCUT2D eigenvalue weighted by Crippen LogP contribution is 2.25. The van der Waals surface area contributed by atoms with Gasteiger partial charge in [0.15, 0.2) is 6.61 Å². The van der Waals surface area contributed by atoms with Crippen molar-refractivity contribution in [2.45, 2.75) is 50.3 Å². The molecule has 8 heteroatoms. The number of hydrogen-bond donors (Lipinski definition) is 1. The number of amides is 1. The first kappa shape index (κ1) is 21.5. The predicted octanol–water partition coefficient (Wildman–Crippen LogP) is 3.01. The molecule has 1 aliphatic carbocycles. The number of carbonyl (C=O) groups excluding carboxylic acids is 2. The van der Waals surface area contributed by atoms with Gasteiger partial charge in [-0.15, -0.1) is 0 Å². The molecule has 29 heavy (non-hydrogen) atoms. The number of rotatable bonds is 6. The van der Waals surface area contributed by atoms with E-state index < -0.39 is 15.9 Å². The van der Waals surface area contributed by atoms with Crippen molar-refractivity contribution in [3.63, 3.8) is 0 Å². The van der Waals surface area contributed by atoms with Crippen LogP contribution in [0.4, 0.5) is 5.69 Å². The smallest absolute Gasteiger partial charge is 0.309 e. The molecular formula is C21H28N2O5S. The molecule has 0 bridgehead atoms. The molecule has 0 unspecified atom stereocenters. The van der Waals surface area contributed by atoms with E-state index in [9.17, 15) is 18.0 Å². The highest BCUT2D eigenvalue weighted by Gasteiger charge is 2.26. The van der Waals surface area contributed by atoms with E-state index in [-0.39, 0.29) is 23.4 Å². The Bertz CT molecular complexity index is 888. The molecule has 0 radical (unpaired) electrons. The predicted molar refractivity (Wildman–Crippen MR) is 110 cm³/mol. The lowest BCUT2D eigenvalue weighted by atomic mass is 9.95. The van der Waals surface area contributed by atoms with Gasteiger partial charge in [0.1, 0.15) is 0 Å². The summed E-state index contributed by atoms with van der Waals surface area (Å²) in [6, 6.07) is 4.71. The number of nitrogens with zero attached hydrogens (tertiary/aromatic N) is 1. The van der Waals surface area contributed by atoms with Gasteiger partial charge in [-0.3, -0.25) is 9.59 Å². The normalized spacial score (nSPS) is 20.2. The van der Waals surface area contributed by atoms with Crippen molar-refractivity contribution in [2.24, 2.45) is 5.92 Å². The molecule has 3 rings (SSSR count). The number of aryl methyl sites for hydroxylation is 1. The van der Waals surface area contributed by atoms with E-state index in [2.05, 4.69) is 5.32 Å². The van der Waals surface area contributed by atoms with E-state index in [4.69, 9.17) is 4.74 Å². The number of allylic oxidation sites excluding steroid dienone is 2. The summed E-state index contributed by atoms with van der Waals surface area (Å²) in [5.74, 6) is -1.06. The molecule has 1 saturated heterocycles. The average molecular weight is 421 g/mol. The molecule has 1 heterocycles. The zero-order valence-electron chi connectivity index (χ0n) is 16.7. The van der Waals surface area contributed by atoms with Crippen molar-refractivity contribution in [1.82, 2.24) is 4.31 Å². The van der Waals surface area contributed by atoms with Crippen LogP contribution in [0.5, 0.6) is 0 Å². The minimum absolute atomic E-state index is 0.159. The third kappa shape index (κ3) is 5.45. The molecule has 0 aromatic heterocycles. The fourth-order valence-corrected chi connectivity index (χ4v) is 5.14. The lowest BCUT2D eigenvalue weighted by Gasteiger charge is -2.26. The number of anilines is 1. The van der Waals surface area contributed by atoms with Gasteiger partial charge in [0.05, 0.1) is 10.8 Å². The SMILES string of the molecule is Cc1ccc(S(=O)(=O)N2CCCCC2)cc1NC(=O)COC(=O)[C@H]1CC=CCC1. The fraction of sp³-hybridized carbons (Fsp3) is 0.524. The van der Waals surface area contributed by atoms with E-state index >= 15 is 0 Å². The van der Waals surface area contributed by atoms with Crippen LogP contribution in [0.2, 0.25) is 0 Å². The molecular weight excluding hydrogens is 392 g/mol. The Hall–Kier alpha value is -2.19. The minimum atomic E-state index is -3.59. The summed E-state index contributed by atoms with van der Waals surface area (Å²) >= 11 is 0. The Morgan fingerprint density at radius 2 is 1.93 bits per heavy atom. The van der Waals surface area contributed by atoms with Gasteiger partial charge in [0.25, 0.3) is 5.91 Å². The summed E-state index contributed by atoms with van der Waals surface area (Å²) in [4.78, 5) is 24.5. The van der Waals surface area contributed by atoms with Crippen LogP contribution in [0.25, 0.3) is 0 Å². The Kier molecular flexibility index (Phi) is 7.08. The molecule has 1 amide bonds. The first-order valence-electron chi connectivity index (χ1n) is 10.1. The maximum Gasteiger partial charge on any atom is 0.309 e. The van der Waals surface area contributed by atoms with Crippen molar-refractivity contribution in [3.05, 3.63) is 35.9 Å². The standard InChI is InChI=1S/C21H28N2O5S/c1-16-10-11-18(29(26,27)23-12-6-3-7-13-23)14-19(16)22-20(24)15-28-21(25)17-8-4-2-5-9-17/h2,4,10-11,14,17H,3,5-9,12-13,15H2,1H3,(H,22,24)/t17-/m0/s1. The summed E-state index contributed by atoms with van der Waals surface area (Å²) in [5.41, 5.74) is 1.14. The minimum Gasteiger partial charge on any atom is -0.455 e. The van der Waals surface area contributed by atoms with E-state index in [1.807, 2.05) is 12.2 Å². The van der Waals surface area contributed by atoms with Crippen LogP contribution in [0.3, 0.4) is 0 Å². The van der Waals surface area contributed by atoms with Crippen molar-refractivity contribution in [3.8, 4) is 0 Å². The van der Waals surface area contributed by atoms with E-state index in [0.717, 1.165) is 37.7 Å². The molecule has 0 spiro atoms. The van der Waals surface area contributed by atoms with Gasteiger partial charge in [0.2, 0.25) is 10.0 Å². The molecule has 1 atom stereocenters. The zero-order chi connectivity index (χ0) is 20.9. The van der Waals surface area contributed by atoms with Crippen LogP contribution in [-0.2, 0) is 24.3 Å². The van der Waals surface area contributed by atoms with Crippen LogP contribution < -0.4 is 5.32 Å². The van der Waals surface area contributed by atoms with Crippen molar-refractivity contribution in [2.75, 3.05) is 25.0 Å². The quantitative estimate of drug-likeness (QED) is 0.564. The summed E-state index contributed by atoms with van der Waals surface area (Å²) in [6.07, 6.45) is 8.94. The number of carbonyl (C=O) groups is 2. The van der Waals surface area contributed by atoms with Gasteiger partial charge in [-0.25, -0.2) is 8.42 Å². The lowest BCUT2D eigenvalue weighted by Crippen LogP contribution is -2.35. The van der Waals surface area contributed by atoms with Crippen LogP contribution in [0.15, 0.2) is 35.2 Å². The summed E-state index contributed by atoms with van der Waals surface area (Å²) in [6.45, 7) is 2.43. The Morgan fingerprint density at radius 3 is 2.62 bits per heavy atom. The van der Waals surface area contributed by atoms with Crippen LogP contribution in [-0.4, -0.2) is 44.3 Å². The second-order valence-corrected chi connectivity index (χ2v) is 9.52. The molecule has 2 aliphatic rings. The topological polar surface area (TPSA) is 92.8 Å². The third-order valence-electron chi connectivity index (χ3n) is 5.38. The number of benzene rings is 1. The Balaban J connectivity index is 1.62. The van der Waals surface area contributed by atoms with E-state index in [1.165, 1.54) is 10.4 Å². The highest BCUT2D eigenvalue weighted by molar-refractivity contribution is 7.89. The number of piperidine rings is 1. The molecule has 1 N–H and O–H groups in total. The molecule has 158 valence electrons. The summed E-state index contributed by atoms with van der Waals surface area (Å²) < 4.78 is 32.4. The molecule has 0 saturated carbocycles. The van der Waals surface area contributed by atoms with Gasteiger partial charge in [-0.05, 0) is 56.7 Å². The van der Waals surface area contributed by atoms with Gasteiger partial charge in [-0.2, -0.15) is 4.31 Å². The molecule has 1 aromatic rings. The number of ether oxygens (including phenoxy) is 1. The van der Waals surface area contributed by atoms with E-state index in [0.29, 0.717) is 25.2 Å². The van der Waals surface area contributed by atoms with Gasteiger partial charge in [0, 0.05) is 18.8 Å². The molecule has 1 aliphatic heterocycles. The molecule has 1 aromatic carbocycles. The zero-order valence-corrected chi connectivity index (χ0v) is 17.5. The van der Waals surface area contributed by atoms with Crippen LogP contribution >= 0.6 is 0 Å². The second kappa shape index (κ2) is 9.54. The maximum atomic E-state index is 12.9. The molecule has 1 fully saturated rings. The summed E-state index contributed by atoms with van der Waals surface area (Å²) in [5, 5.41) is 2.67. The third-order valence-corrected chi connectivity index (χ3v) is 7.28. The van der Waals surface area contributed by atoms with Gasteiger partial charge < -0.3 is 10.1 Å². The maximum absolute atomic E-state index is 12.9. The first-order chi connectivity index (χ1) is 13.9. The number of sulfonamides is 1. The van der Waals surface area contributed by atoms with Crippen LogP contribution in [0, 0.1) is 12.8 Å². The average Bonchev–Trinajstić information content (AvgIpc) is 2.74. The fourth-order valence-electron chi connectivity index (χ4n) is 3.60. The molecule has 7 nitrogen and oxygen atoms in total. The van der Waals surface area contributed by atoms with Crippen molar-refractivity contribution < 1.29 is 22.7 Å². The Labute approximate surface area is 172 Å². The van der Waals surface area contributed by atoms with Crippen LogP contribution in [0.1, 0.15) is 44.1 Å². The highest BCUT2D eigenvalue weighted by atomic mass is 32.2. The number of esters is 1. The Morgan fingerprint density at radius 1 is 1.17 bits per heavy atom. The summed E-state index contributed by atoms with van der Waals surface area (Å²) in [7, 11) is -3.59. The van der Waals surface area contributed by atoms with Crippen molar-refractivity contribution >= 4 is 27.6 Å². The monoisotopic (exact) mass is 420 g/mol. The second-order valence-electron chi connectivity index (χ2n) is 7.58. The lowest BCUT2D eigenvalue weighted by molar-refractivity contribution is -0.151. The van der Waals surface area contributed by atoms with Crippen molar-refractivity contribution in [1.29, 1.82) is 0 Å². The van der Waals surface area contributed by atoms with Gasteiger partial charge in [-0.1, -0.05) is 24.6 Å². The number of hydrogen-bond acceptors (Lipinski definition) is 5. The largest absolute Gasteiger partial charge is 0.455 e. The van der Waals surface area contributed by atoms with Gasteiger partial charge >= 0.3 is 5.97 Å². The van der Waals surface area contributed by atoms with E-state index in [1.54, 1.807) is 19.1 Å².